The highest BCUT2D eigenvalue weighted by atomic mass is 35.7. The van der Waals surface area contributed by atoms with Crippen LogP contribution in [-0.4, -0.2) is 0 Å². The van der Waals surface area contributed by atoms with Crippen LogP contribution < -0.4 is 18.6 Å². The van der Waals surface area contributed by atoms with Crippen molar-refractivity contribution in [2.24, 2.45) is 0 Å². The summed E-state index contributed by atoms with van der Waals surface area (Å²) in [5.41, 5.74) is 0.343. The van der Waals surface area contributed by atoms with E-state index in [0.29, 0.717) is 5.41 Å². The van der Waals surface area contributed by atoms with Gasteiger partial charge < -0.3 is 0 Å². The van der Waals surface area contributed by atoms with Crippen molar-refractivity contribution in [1.29, 1.82) is 0 Å². The van der Waals surface area contributed by atoms with E-state index in [9.17, 15) is 0 Å². The topological polar surface area (TPSA) is 92.2 Å². The first kappa shape index (κ1) is 15.2. The Morgan fingerprint density at radius 2 is 1.60 bits per heavy atom. The smallest absolute Gasteiger partial charge is 0.222 e. The molecular weight excluding hydrogens is 260 g/mol. The van der Waals surface area contributed by atoms with Gasteiger partial charge in [-0.05, 0) is 6.92 Å². The van der Waals surface area contributed by atoms with E-state index in [1.807, 2.05) is 20.7 Å². The molecule has 0 aliphatic carbocycles. The molecule has 0 amide bonds. The Labute approximate surface area is 98.6 Å². The molecule has 0 fully saturated rings. The predicted octanol–water partition coefficient (Wildman–Crippen LogP) is -1.06. The largest absolute Gasteiger partial charge is 0.295 e. The molecule has 4 nitrogen and oxygen atoms in total. The van der Waals surface area contributed by atoms with Crippen LogP contribution in [0.1, 0.15) is 30.5 Å². The van der Waals surface area contributed by atoms with E-state index in [1.54, 1.807) is 0 Å². The zero-order valence-corrected chi connectivity index (χ0v) is 11.3. The third-order valence-electron chi connectivity index (χ3n) is 1.34. The molecule has 0 aliphatic rings. The lowest BCUT2D eigenvalue weighted by Crippen LogP contribution is -2.68. The lowest BCUT2D eigenvalue weighted by Gasteiger charge is -2.17. The summed E-state index contributed by atoms with van der Waals surface area (Å²) in [4.78, 5) is 2.92. The average molecular weight is 273 g/mol. The zero-order chi connectivity index (χ0) is 12.3. The Morgan fingerprint density at radius 1 is 1.20 bits per heavy atom. The van der Waals surface area contributed by atoms with E-state index in [0.717, 1.165) is 0 Å². The second-order valence-electron chi connectivity index (χ2n) is 3.91. The van der Waals surface area contributed by atoms with Crippen LogP contribution in [0.2, 0.25) is 0 Å². The van der Waals surface area contributed by atoms with E-state index in [4.69, 9.17) is 18.6 Å². The number of hydrogen-bond acceptors (Lipinski definition) is 5. The van der Waals surface area contributed by atoms with Crippen molar-refractivity contribution in [3.8, 4) is 0 Å². The second kappa shape index (κ2) is 5.49. The Balaban J connectivity index is 0.000000336. The molecule has 0 spiro atoms. The summed E-state index contributed by atoms with van der Waals surface area (Å²) in [6.45, 7) is 8.93. The highest BCUT2D eigenvalue weighted by molar-refractivity contribution is 7.69. The molecule has 0 radical (unpaired) electrons. The monoisotopic (exact) mass is 272 g/mol. The van der Waals surface area contributed by atoms with Crippen LogP contribution in [0.3, 0.4) is 0 Å². The lowest BCUT2D eigenvalue weighted by molar-refractivity contribution is -2.00. The van der Waals surface area contributed by atoms with Crippen LogP contribution in [0.25, 0.3) is 0 Å². The van der Waals surface area contributed by atoms with Gasteiger partial charge in [0, 0.05) is 11.5 Å². The van der Waals surface area contributed by atoms with Crippen molar-refractivity contribution in [3.05, 3.63) is 15.8 Å². The number of rotatable bonds is 0. The minimum atomic E-state index is -4.94. The highest BCUT2D eigenvalue weighted by Gasteiger charge is 2.25. The van der Waals surface area contributed by atoms with Gasteiger partial charge in [-0.2, -0.15) is 0 Å². The molecule has 1 heterocycles. The molecule has 0 saturated heterocycles. The first-order valence-electron chi connectivity index (χ1n) is 4.02. The molecule has 0 saturated carbocycles. The van der Waals surface area contributed by atoms with Crippen molar-refractivity contribution < 1.29 is 28.9 Å². The van der Waals surface area contributed by atoms with E-state index >= 15 is 0 Å². The number of aryl methyl sites for hydroxylation is 1. The average Bonchev–Trinajstić information content (AvgIpc) is 2.29. The first-order valence-corrected chi connectivity index (χ1v) is 7.40. The van der Waals surface area contributed by atoms with Crippen LogP contribution in [0.15, 0.2) is 6.07 Å². The van der Waals surface area contributed by atoms with Crippen molar-refractivity contribution in [2.45, 2.75) is 33.1 Å². The summed E-state index contributed by atoms with van der Waals surface area (Å²) < 4.78 is 34.0. The van der Waals surface area contributed by atoms with Gasteiger partial charge in [0.1, 0.15) is 0 Å². The summed E-state index contributed by atoms with van der Waals surface area (Å²) in [6, 6.07) is 2.29. The van der Waals surface area contributed by atoms with Gasteiger partial charge in [0.15, 0.2) is 10.3 Å². The van der Waals surface area contributed by atoms with Gasteiger partial charge in [-0.1, -0.05) is 20.8 Å². The van der Waals surface area contributed by atoms with E-state index in [-0.39, 0.29) is 0 Å². The molecule has 0 unspecified atom stereocenters. The van der Waals surface area contributed by atoms with Gasteiger partial charge in [-0.15, -0.1) is 10.2 Å². The zero-order valence-electron chi connectivity index (χ0n) is 8.90. The molecule has 1 rings (SSSR count). The maximum atomic E-state index is 8.49. The van der Waals surface area contributed by atoms with Gasteiger partial charge in [-0.25, -0.2) is 18.6 Å². The molecule has 0 aromatic carbocycles. The summed E-state index contributed by atoms with van der Waals surface area (Å²) >= 11 is 0. The number of hydrogen-bond donors (Lipinski definition) is 0. The van der Waals surface area contributed by atoms with Crippen molar-refractivity contribution in [2.75, 3.05) is 0 Å². The summed E-state index contributed by atoms with van der Waals surface area (Å²) in [5, 5.41) is 0. The van der Waals surface area contributed by atoms with Crippen LogP contribution in [-0.2, 0) is 5.41 Å². The molecule has 0 atom stereocenters. The molecule has 88 valence electrons. The minimum Gasteiger partial charge on any atom is -0.222 e. The molecule has 15 heavy (non-hydrogen) atoms. The Hall–Kier alpha value is 0.180. The van der Waals surface area contributed by atoms with Gasteiger partial charge in [0.2, 0.25) is 4.88 Å². The van der Waals surface area contributed by atoms with E-state index in [1.165, 1.54) is 9.75 Å². The molecule has 1 aromatic rings. The molecule has 1 aromatic heterocycles. The van der Waals surface area contributed by atoms with Crippen LogP contribution in [0, 0.1) is 17.2 Å². The summed E-state index contributed by atoms with van der Waals surface area (Å²) in [5.74, 6) is 0. The molecule has 0 aliphatic heterocycles. The van der Waals surface area contributed by atoms with Crippen LogP contribution in [0.4, 0.5) is 0 Å². The van der Waals surface area contributed by atoms with E-state index < -0.39 is 10.2 Å². The maximum Gasteiger partial charge on any atom is 0.295 e. The SMILES string of the molecule is Cc1cc(C(C)(C)C)[s+]s1.[O-][Cl+3]([O-])([O-])[O-]. The van der Waals surface area contributed by atoms with Gasteiger partial charge >= 0.3 is 0 Å². The maximum absolute atomic E-state index is 8.49. The van der Waals surface area contributed by atoms with Gasteiger partial charge in [0.05, 0.1) is 4.88 Å². The quantitative estimate of drug-likeness (QED) is 0.445. The first-order chi connectivity index (χ1) is 6.50. The Kier molecular flexibility index (Phi) is 5.56. The summed E-state index contributed by atoms with van der Waals surface area (Å²) in [7, 11) is -1.17. The fraction of sp³-hybridized carbons (Fsp3) is 0.625. The van der Waals surface area contributed by atoms with Crippen molar-refractivity contribution in [3.63, 3.8) is 0 Å². The predicted molar refractivity (Wildman–Crippen MR) is 50.0 cm³/mol. The second-order valence-corrected chi connectivity index (χ2v) is 7.09. The number of halogens is 1. The fourth-order valence-corrected chi connectivity index (χ4v) is 3.32. The Morgan fingerprint density at radius 3 is 1.73 bits per heavy atom. The Bertz CT molecular complexity index is 294. The van der Waals surface area contributed by atoms with Crippen LogP contribution in [0.5, 0.6) is 0 Å². The molecule has 7 heteroatoms. The third-order valence-corrected chi connectivity index (χ3v) is 4.29. The minimum absolute atomic E-state index is 0.343. The van der Waals surface area contributed by atoms with Gasteiger partial charge in [0.25, 0.3) is 10.3 Å². The van der Waals surface area contributed by atoms with Crippen molar-refractivity contribution >= 4 is 20.7 Å². The van der Waals surface area contributed by atoms with E-state index in [2.05, 4.69) is 33.8 Å². The van der Waals surface area contributed by atoms with Gasteiger partial charge in [-0.3, -0.25) is 0 Å². The summed E-state index contributed by atoms with van der Waals surface area (Å²) in [6.07, 6.45) is 0. The fourth-order valence-electron chi connectivity index (χ4n) is 0.685. The van der Waals surface area contributed by atoms with Crippen LogP contribution >= 0.6 is 20.7 Å². The standard InChI is InChI=1S/C8H13S2.ClHO4/c1-6-5-7(10-9-6)8(2,3)4;2-1(3,4)5/h5H,1-4H3;(H,2,3,4,5)/q+1;/p-1. The molecule has 0 N–H and O–H groups in total. The molecular formula is C8H13ClO4S2. The normalized spacial score (nSPS) is 12.0. The lowest BCUT2D eigenvalue weighted by atomic mass is 9.95. The highest BCUT2D eigenvalue weighted by Crippen LogP contribution is 2.31. The third kappa shape index (κ3) is 9.13. The van der Waals surface area contributed by atoms with Crippen molar-refractivity contribution in [1.82, 2.24) is 0 Å². The molecule has 0 bridgehead atoms.